The van der Waals surface area contributed by atoms with Crippen molar-refractivity contribution in [2.45, 2.75) is 37.2 Å². The van der Waals surface area contributed by atoms with Crippen LogP contribution in [0.3, 0.4) is 0 Å². The average Bonchev–Trinajstić information content (AvgIpc) is 2.88. The molecule has 2 heterocycles. The summed E-state index contributed by atoms with van der Waals surface area (Å²) in [7, 11) is -1.74. The van der Waals surface area contributed by atoms with Crippen molar-refractivity contribution in [2.75, 3.05) is 20.1 Å². The quantitative estimate of drug-likeness (QED) is 0.898. The van der Waals surface area contributed by atoms with Gasteiger partial charge in [0.25, 0.3) is 0 Å². The van der Waals surface area contributed by atoms with Gasteiger partial charge in [-0.3, -0.25) is 4.57 Å². The van der Waals surface area contributed by atoms with Gasteiger partial charge in [0.2, 0.25) is 10.0 Å². The maximum atomic E-state index is 12.8. The molecule has 1 aliphatic rings. The third kappa shape index (κ3) is 2.82. The van der Waals surface area contributed by atoms with Gasteiger partial charge in [0.15, 0.2) is 5.58 Å². The molecule has 23 heavy (non-hydrogen) atoms. The van der Waals surface area contributed by atoms with E-state index in [0.29, 0.717) is 30.7 Å². The largest absolute Gasteiger partial charge is 0.419 e. The Morgan fingerprint density at radius 2 is 2.17 bits per heavy atom. The highest BCUT2D eigenvalue weighted by molar-refractivity contribution is 7.89. The van der Waals surface area contributed by atoms with E-state index in [4.69, 9.17) is 4.42 Å². The third-order valence-electron chi connectivity index (χ3n) is 4.39. The SMILES string of the molecule is CCn1c(=O)oc2cc(S(=O)(=O)N3CCCC(NC)C3)ccc21. The molecule has 3 rings (SSSR count). The topological polar surface area (TPSA) is 84.5 Å². The van der Waals surface area contributed by atoms with Crippen LogP contribution in [-0.2, 0) is 16.6 Å². The number of benzene rings is 1. The van der Waals surface area contributed by atoms with E-state index < -0.39 is 15.8 Å². The lowest BCUT2D eigenvalue weighted by Crippen LogP contribution is -2.46. The number of hydrogen-bond donors (Lipinski definition) is 1. The fraction of sp³-hybridized carbons (Fsp3) is 0.533. The number of nitrogens with one attached hydrogen (secondary N) is 1. The summed E-state index contributed by atoms with van der Waals surface area (Å²) in [5, 5.41) is 3.14. The molecule has 2 aromatic rings. The van der Waals surface area contributed by atoms with Gasteiger partial charge in [-0.1, -0.05) is 0 Å². The molecule has 0 saturated carbocycles. The molecule has 1 fully saturated rings. The van der Waals surface area contributed by atoms with Crippen LogP contribution in [-0.4, -0.2) is 43.5 Å². The van der Waals surface area contributed by atoms with Gasteiger partial charge in [0, 0.05) is 31.7 Å². The number of fused-ring (bicyclic) bond motifs is 1. The molecule has 1 atom stereocenters. The first-order chi connectivity index (χ1) is 11.0. The summed E-state index contributed by atoms with van der Waals surface area (Å²) in [6, 6.07) is 4.79. The highest BCUT2D eigenvalue weighted by atomic mass is 32.2. The molecule has 7 nitrogen and oxygen atoms in total. The first-order valence-electron chi connectivity index (χ1n) is 7.78. The van der Waals surface area contributed by atoms with Gasteiger partial charge >= 0.3 is 5.76 Å². The predicted molar refractivity (Wildman–Crippen MR) is 87.0 cm³/mol. The lowest BCUT2D eigenvalue weighted by atomic mass is 10.1. The van der Waals surface area contributed by atoms with Gasteiger partial charge in [-0.15, -0.1) is 0 Å². The van der Waals surface area contributed by atoms with Gasteiger partial charge in [-0.05, 0) is 38.9 Å². The molecule has 0 amide bonds. The Morgan fingerprint density at radius 3 is 2.87 bits per heavy atom. The zero-order valence-electron chi connectivity index (χ0n) is 13.3. The van der Waals surface area contributed by atoms with Crippen molar-refractivity contribution < 1.29 is 12.8 Å². The normalized spacial score (nSPS) is 20.2. The Morgan fingerprint density at radius 1 is 1.39 bits per heavy atom. The zero-order chi connectivity index (χ0) is 16.6. The van der Waals surface area contributed by atoms with E-state index in [2.05, 4.69) is 5.32 Å². The van der Waals surface area contributed by atoms with Crippen LogP contribution < -0.4 is 11.1 Å². The summed E-state index contributed by atoms with van der Waals surface area (Å²) in [4.78, 5) is 11.9. The molecule has 0 bridgehead atoms. The van der Waals surface area contributed by atoms with Crippen LogP contribution in [0.1, 0.15) is 19.8 Å². The maximum Gasteiger partial charge on any atom is 0.419 e. The number of likely N-dealkylation sites (N-methyl/N-ethyl adjacent to an activating group) is 1. The fourth-order valence-electron chi connectivity index (χ4n) is 3.05. The van der Waals surface area contributed by atoms with E-state index in [1.807, 2.05) is 14.0 Å². The molecule has 1 saturated heterocycles. The highest BCUT2D eigenvalue weighted by Gasteiger charge is 2.30. The molecular weight excluding hydrogens is 318 g/mol. The van der Waals surface area contributed by atoms with Crippen molar-refractivity contribution in [3.05, 3.63) is 28.7 Å². The van der Waals surface area contributed by atoms with E-state index in [0.717, 1.165) is 12.8 Å². The first-order valence-corrected chi connectivity index (χ1v) is 9.22. The molecule has 0 radical (unpaired) electrons. The summed E-state index contributed by atoms with van der Waals surface area (Å²) in [5.74, 6) is -0.467. The monoisotopic (exact) mass is 339 g/mol. The van der Waals surface area contributed by atoms with Gasteiger partial charge in [-0.2, -0.15) is 4.31 Å². The first kappa shape index (κ1) is 16.2. The van der Waals surface area contributed by atoms with Gasteiger partial charge in [0.05, 0.1) is 10.4 Å². The molecule has 126 valence electrons. The van der Waals surface area contributed by atoms with E-state index in [1.54, 1.807) is 12.1 Å². The van der Waals surface area contributed by atoms with Crippen LogP contribution in [0.5, 0.6) is 0 Å². The Labute approximate surface area is 134 Å². The summed E-state index contributed by atoms with van der Waals surface area (Å²) in [6.07, 6.45) is 1.80. The van der Waals surface area contributed by atoms with E-state index in [9.17, 15) is 13.2 Å². The Kier molecular flexibility index (Phi) is 4.31. The highest BCUT2D eigenvalue weighted by Crippen LogP contribution is 2.24. The van der Waals surface area contributed by atoms with Crippen molar-refractivity contribution in [1.29, 1.82) is 0 Å². The van der Waals surface area contributed by atoms with Crippen molar-refractivity contribution in [2.24, 2.45) is 0 Å². The fourth-order valence-corrected chi connectivity index (χ4v) is 4.59. The number of hydrogen-bond acceptors (Lipinski definition) is 5. The molecule has 0 aliphatic carbocycles. The number of nitrogens with zero attached hydrogens (tertiary/aromatic N) is 2. The Bertz CT molecular complexity index is 868. The van der Waals surface area contributed by atoms with Crippen molar-refractivity contribution >= 4 is 21.1 Å². The van der Waals surface area contributed by atoms with Crippen LogP contribution >= 0.6 is 0 Å². The predicted octanol–water partition coefficient (Wildman–Crippen LogP) is 0.987. The minimum absolute atomic E-state index is 0.166. The molecule has 8 heteroatoms. The van der Waals surface area contributed by atoms with Gasteiger partial charge in [-0.25, -0.2) is 13.2 Å². The lowest BCUT2D eigenvalue weighted by Gasteiger charge is -2.31. The summed E-state index contributed by atoms with van der Waals surface area (Å²) < 4.78 is 33.8. The molecule has 1 unspecified atom stereocenters. The number of rotatable bonds is 4. The Balaban J connectivity index is 2.00. The second-order valence-electron chi connectivity index (χ2n) is 5.73. The number of sulfonamides is 1. The van der Waals surface area contributed by atoms with Gasteiger partial charge in [0.1, 0.15) is 0 Å². The van der Waals surface area contributed by atoms with E-state index in [-0.39, 0.29) is 10.9 Å². The van der Waals surface area contributed by atoms with Crippen LogP contribution in [0.4, 0.5) is 0 Å². The second kappa shape index (κ2) is 6.10. The maximum absolute atomic E-state index is 12.8. The van der Waals surface area contributed by atoms with Crippen molar-refractivity contribution in [3.8, 4) is 0 Å². The minimum Gasteiger partial charge on any atom is -0.408 e. The van der Waals surface area contributed by atoms with Gasteiger partial charge < -0.3 is 9.73 Å². The zero-order valence-corrected chi connectivity index (χ0v) is 14.1. The Hall–Kier alpha value is -1.64. The van der Waals surface area contributed by atoms with Crippen LogP contribution in [0.15, 0.2) is 32.3 Å². The third-order valence-corrected chi connectivity index (χ3v) is 6.25. The average molecular weight is 339 g/mol. The summed E-state index contributed by atoms with van der Waals surface area (Å²) >= 11 is 0. The molecule has 0 spiro atoms. The lowest BCUT2D eigenvalue weighted by molar-refractivity contribution is 0.293. The smallest absolute Gasteiger partial charge is 0.408 e. The van der Waals surface area contributed by atoms with Crippen LogP contribution in [0.25, 0.3) is 11.1 Å². The molecule has 1 aromatic carbocycles. The van der Waals surface area contributed by atoms with Crippen molar-refractivity contribution in [3.63, 3.8) is 0 Å². The molecule has 1 aliphatic heterocycles. The minimum atomic E-state index is -3.58. The standard InChI is InChI=1S/C15H21N3O4S/c1-3-18-13-7-6-12(9-14(13)22-15(18)19)23(20,21)17-8-4-5-11(10-17)16-2/h6-7,9,11,16H,3-5,8,10H2,1-2H3. The van der Waals surface area contributed by atoms with E-state index in [1.165, 1.54) is 14.9 Å². The van der Waals surface area contributed by atoms with E-state index >= 15 is 0 Å². The number of aromatic nitrogens is 1. The van der Waals surface area contributed by atoms with Crippen LogP contribution in [0.2, 0.25) is 0 Å². The number of oxazole rings is 1. The second-order valence-corrected chi connectivity index (χ2v) is 7.67. The molecule has 1 aromatic heterocycles. The number of piperidine rings is 1. The van der Waals surface area contributed by atoms with Crippen LogP contribution in [0, 0.1) is 0 Å². The summed E-state index contributed by atoms with van der Waals surface area (Å²) in [6.45, 7) is 3.29. The summed E-state index contributed by atoms with van der Waals surface area (Å²) in [5.41, 5.74) is 0.920. The number of aryl methyl sites for hydroxylation is 1. The molecule has 1 N–H and O–H groups in total. The molecular formula is C15H21N3O4S. The van der Waals surface area contributed by atoms with Crippen molar-refractivity contribution in [1.82, 2.24) is 14.2 Å².